The predicted octanol–water partition coefficient (Wildman–Crippen LogP) is 2.72. The Morgan fingerprint density at radius 1 is 1.43 bits per heavy atom. The molecule has 0 N–H and O–H groups in total. The Bertz CT molecular complexity index is 358. The summed E-state index contributed by atoms with van der Waals surface area (Å²) in [6.45, 7) is 3.09. The Morgan fingerprint density at radius 2 is 2.36 bits per heavy atom. The second-order valence-corrected chi connectivity index (χ2v) is 3.65. The van der Waals surface area contributed by atoms with Gasteiger partial charge >= 0.3 is 0 Å². The molecule has 0 fully saturated rings. The largest absolute Gasteiger partial charge is 0.333 e. The zero-order valence-corrected chi connectivity index (χ0v) is 8.61. The maximum atomic E-state index is 4.31. The van der Waals surface area contributed by atoms with Crippen LogP contribution >= 0.6 is 0 Å². The highest BCUT2D eigenvalue weighted by Crippen LogP contribution is 2.11. The molecule has 0 aromatic carbocycles. The number of aryl methyl sites for hydroxylation is 1. The third-order valence-corrected chi connectivity index (χ3v) is 2.49. The number of aromatic nitrogens is 2. The molecule has 2 nitrogen and oxygen atoms in total. The van der Waals surface area contributed by atoms with Crippen molar-refractivity contribution >= 4 is 0 Å². The quantitative estimate of drug-likeness (QED) is 0.713. The Hall–Kier alpha value is -1.31. The maximum absolute atomic E-state index is 4.31. The smallest absolute Gasteiger partial charge is 0.0952 e. The second-order valence-electron chi connectivity index (χ2n) is 3.65. The zero-order chi connectivity index (χ0) is 9.80. The first-order valence-corrected chi connectivity index (χ1v) is 5.24. The average molecular weight is 188 g/mol. The lowest BCUT2D eigenvalue weighted by molar-refractivity contribution is 0.783. The highest BCUT2D eigenvalue weighted by molar-refractivity contribution is 5.22. The molecule has 1 aliphatic carbocycles. The van der Waals surface area contributed by atoms with Crippen molar-refractivity contribution in [3.05, 3.63) is 42.0 Å². The van der Waals surface area contributed by atoms with Gasteiger partial charge in [-0.25, -0.2) is 4.98 Å². The highest BCUT2D eigenvalue weighted by Gasteiger charge is 2.00. The summed E-state index contributed by atoms with van der Waals surface area (Å²) in [5, 5.41) is 0. The molecule has 0 bridgehead atoms. The van der Waals surface area contributed by atoms with Gasteiger partial charge in [-0.2, -0.15) is 0 Å². The van der Waals surface area contributed by atoms with E-state index in [0.29, 0.717) is 0 Å². The molecule has 0 spiro atoms. The maximum Gasteiger partial charge on any atom is 0.0952 e. The SMILES string of the molecule is CCc1cn(CC2=CCCC=C2)cn1. The summed E-state index contributed by atoms with van der Waals surface area (Å²) in [7, 11) is 0. The molecule has 0 atom stereocenters. The Balaban J connectivity index is 2.03. The number of rotatable bonds is 3. The van der Waals surface area contributed by atoms with Crippen LogP contribution in [0.3, 0.4) is 0 Å². The molecule has 2 rings (SSSR count). The summed E-state index contributed by atoms with van der Waals surface area (Å²) in [6.07, 6.45) is 14.2. The van der Waals surface area contributed by atoms with E-state index in [1.54, 1.807) is 0 Å². The molecule has 74 valence electrons. The number of nitrogens with zero attached hydrogens (tertiary/aromatic N) is 2. The van der Waals surface area contributed by atoms with Gasteiger partial charge in [-0.3, -0.25) is 0 Å². The molecule has 2 heteroatoms. The average Bonchev–Trinajstić information content (AvgIpc) is 2.67. The molecule has 0 aliphatic heterocycles. The van der Waals surface area contributed by atoms with Crippen molar-refractivity contribution in [2.75, 3.05) is 0 Å². The molecule has 1 aromatic rings. The molecule has 1 heterocycles. The number of allylic oxidation sites excluding steroid dienone is 4. The fraction of sp³-hybridized carbons (Fsp3) is 0.417. The van der Waals surface area contributed by atoms with Crippen molar-refractivity contribution in [1.82, 2.24) is 9.55 Å². The van der Waals surface area contributed by atoms with Crippen molar-refractivity contribution < 1.29 is 0 Å². The zero-order valence-electron chi connectivity index (χ0n) is 8.61. The van der Waals surface area contributed by atoms with Gasteiger partial charge in [0.05, 0.1) is 12.0 Å². The molecular weight excluding hydrogens is 172 g/mol. The number of hydrogen-bond acceptors (Lipinski definition) is 1. The minimum absolute atomic E-state index is 0.962. The molecular formula is C12H16N2. The Morgan fingerprint density at radius 3 is 3.00 bits per heavy atom. The van der Waals surface area contributed by atoms with Crippen LogP contribution in [-0.4, -0.2) is 9.55 Å². The van der Waals surface area contributed by atoms with Gasteiger partial charge in [0.15, 0.2) is 0 Å². The van der Waals surface area contributed by atoms with Gasteiger partial charge in [-0.1, -0.05) is 25.2 Å². The van der Waals surface area contributed by atoms with Crippen LogP contribution in [0.4, 0.5) is 0 Å². The van der Waals surface area contributed by atoms with Gasteiger partial charge < -0.3 is 4.57 Å². The molecule has 0 unspecified atom stereocenters. The van der Waals surface area contributed by atoms with Gasteiger partial charge in [0, 0.05) is 12.7 Å². The lowest BCUT2D eigenvalue weighted by Gasteiger charge is -2.06. The Labute approximate surface area is 85.0 Å². The van der Waals surface area contributed by atoms with E-state index in [9.17, 15) is 0 Å². The van der Waals surface area contributed by atoms with Crippen molar-refractivity contribution in [2.24, 2.45) is 0 Å². The summed E-state index contributed by atoms with van der Waals surface area (Å²) in [4.78, 5) is 4.31. The van der Waals surface area contributed by atoms with E-state index < -0.39 is 0 Å². The van der Waals surface area contributed by atoms with E-state index in [4.69, 9.17) is 0 Å². The number of imidazole rings is 1. The third-order valence-electron chi connectivity index (χ3n) is 2.49. The summed E-state index contributed by atoms with van der Waals surface area (Å²) in [5.74, 6) is 0. The summed E-state index contributed by atoms with van der Waals surface area (Å²) in [5.41, 5.74) is 2.57. The molecule has 1 aromatic heterocycles. The van der Waals surface area contributed by atoms with Crippen molar-refractivity contribution in [2.45, 2.75) is 32.7 Å². The standard InChI is InChI=1S/C12H16N2/c1-2-12-9-14(10-13-12)8-11-6-4-3-5-7-11/h4,6-7,9-10H,2-3,5,8H2,1H3. The molecule has 0 saturated heterocycles. The van der Waals surface area contributed by atoms with Crippen molar-refractivity contribution in [3.8, 4) is 0 Å². The van der Waals surface area contributed by atoms with Crippen LogP contribution < -0.4 is 0 Å². The first-order chi connectivity index (χ1) is 6.88. The molecule has 1 aliphatic rings. The first-order valence-electron chi connectivity index (χ1n) is 5.24. The molecule has 14 heavy (non-hydrogen) atoms. The van der Waals surface area contributed by atoms with Crippen molar-refractivity contribution in [1.29, 1.82) is 0 Å². The van der Waals surface area contributed by atoms with Crippen LogP contribution in [0.1, 0.15) is 25.5 Å². The third kappa shape index (κ3) is 2.13. The van der Waals surface area contributed by atoms with Gasteiger partial charge in [-0.15, -0.1) is 0 Å². The Kier molecular flexibility index (Phi) is 2.82. The molecule has 0 amide bonds. The monoisotopic (exact) mass is 188 g/mol. The van der Waals surface area contributed by atoms with E-state index in [-0.39, 0.29) is 0 Å². The van der Waals surface area contributed by atoms with Crippen molar-refractivity contribution in [3.63, 3.8) is 0 Å². The van der Waals surface area contributed by atoms with Gasteiger partial charge in [0.1, 0.15) is 0 Å². The fourth-order valence-corrected chi connectivity index (χ4v) is 1.67. The molecule has 0 saturated carbocycles. The van der Waals surface area contributed by atoms with Crippen LogP contribution in [-0.2, 0) is 13.0 Å². The lowest BCUT2D eigenvalue weighted by atomic mass is 10.1. The highest BCUT2D eigenvalue weighted by atomic mass is 15.0. The minimum atomic E-state index is 0.962. The normalized spacial score (nSPS) is 15.6. The van der Waals surface area contributed by atoms with E-state index in [1.807, 2.05) is 6.33 Å². The van der Waals surface area contributed by atoms with Crippen LogP contribution in [0.25, 0.3) is 0 Å². The predicted molar refractivity (Wildman–Crippen MR) is 58.1 cm³/mol. The van der Waals surface area contributed by atoms with E-state index in [1.165, 1.54) is 24.1 Å². The lowest BCUT2D eigenvalue weighted by Crippen LogP contribution is -1.98. The van der Waals surface area contributed by atoms with Gasteiger partial charge in [0.2, 0.25) is 0 Å². The van der Waals surface area contributed by atoms with E-state index in [0.717, 1.165) is 13.0 Å². The van der Waals surface area contributed by atoms with Crippen LogP contribution in [0, 0.1) is 0 Å². The van der Waals surface area contributed by atoms with Gasteiger partial charge in [-0.05, 0) is 24.8 Å². The molecule has 0 radical (unpaired) electrons. The summed E-state index contributed by atoms with van der Waals surface area (Å²) >= 11 is 0. The fourth-order valence-electron chi connectivity index (χ4n) is 1.67. The number of hydrogen-bond donors (Lipinski definition) is 0. The second kappa shape index (κ2) is 4.27. The van der Waals surface area contributed by atoms with E-state index in [2.05, 4.69) is 40.9 Å². The first kappa shape index (κ1) is 9.25. The van der Waals surface area contributed by atoms with Crippen LogP contribution in [0.2, 0.25) is 0 Å². The summed E-state index contributed by atoms with van der Waals surface area (Å²) in [6, 6.07) is 0. The van der Waals surface area contributed by atoms with Gasteiger partial charge in [0.25, 0.3) is 0 Å². The minimum Gasteiger partial charge on any atom is -0.333 e. The topological polar surface area (TPSA) is 17.8 Å². The van der Waals surface area contributed by atoms with E-state index >= 15 is 0 Å². The van der Waals surface area contributed by atoms with Crippen LogP contribution in [0.15, 0.2) is 36.3 Å². The van der Waals surface area contributed by atoms with Crippen LogP contribution in [0.5, 0.6) is 0 Å². The summed E-state index contributed by atoms with van der Waals surface area (Å²) < 4.78 is 2.15.